The van der Waals surface area contributed by atoms with Crippen LogP contribution in [0, 0.1) is 23.0 Å². The molecule has 0 saturated carbocycles. The van der Waals surface area contributed by atoms with Crippen molar-refractivity contribution in [2.75, 3.05) is 11.1 Å². The summed E-state index contributed by atoms with van der Waals surface area (Å²) in [5, 5.41) is 13.6. The maximum absolute atomic E-state index is 14.8. The van der Waals surface area contributed by atoms with Crippen molar-refractivity contribution in [1.29, 1.82) is 5.26 Å². The molecule has 2 unspecified atom stereocenters. The second kappa shape index (κ2) is 14.2. The van der Waals surface area contributed by atoms with Crippen LogP contribution in [0.4, 0.5) is 20.4 Å². The molecule has 7 aromatic rings. The van der Waals surface area contributed by atoms with E-state index in [1.807, 2.05) is 86.6 Å². The van der Waals surface area contributed by atoms with E-state index < -0.39 is 0 Å². The number of nitrogens with zero attached hydrogens (tertiary/aromatic N) is 5. The van der Waals surface area contributed by atoms with Gasteiger partial charge in [-0.2, -0.15) is 5.26 Å². The predicted molar refractivity (Wildman–Crippen MR) is 190 cm³/mol. The fraction of sp³-hybridized carbons (Fsp3) is 0.103. The molecule has 0 fully saturated rings. The van der Waals surface area contributed by atoms with E-state index in [1.54, 1.807) is 30.6 Å². The molecular weight excluding hydrogens is 618 g/mol. The lowest BCUT2D eigenvalue weighted by Crippen LogP contribution is -2.13. The quantitative estimate of drug-likeness (QED) is 0.163. The van der Waals surface area contributed by atoms with E-state index in [1.165, 1.54) is 18.5 Å². The molecule has 0 bridgehead atoms. The zero-order valence-corrected chi connectivity index (χ0v) is 26.8. The number of nitriles is 1. The largest absolute Gasteiger partial charge is 0.382 e. The molecule has 0 amide bonds. The lowest BCUT2D eigenvalue weighted by molar-refractivity contribution is 0.639. The van der Waals surface area contributed by atoms with Crippen molar-refractivity contribution in [3.05, 3.63) is 144 Å². The van der Waals surface area contributed by atoms with Crippen molar-refractivity contribution < 1.29 is 8.78 Å². The molecule has 49 heavy (non-hydrogen) atoms. The van der Waals surface area contributed by atoms with E-state index in [0.717, 1.165) is 33.4 Å². The standard InChI is InChI=1S/C22H17FN6.C17H15FN2/c1-13(29-22-15(10-24)21(25)27-12-28-22)16-11-26-18-9-5-8-17(23)20(18)19(16)14-6-3-2-4-7-14;1-11(19)13-10-20-15-9-5-8-14(18)17(15)16(13)12-6-3-2-4-7-12/h2-9,11-13H,1H3,(H3,25,27,28,29);2-11H,19H2,1H3. The van der Waals surface area contributed by atoms with Crippen molar-refractivity contribution >= 4 is 33.4 Å². The maximum Gasteiger partial charge on any atom is 0.150 e. The van der Waals surface area contributed by atoms with Gasteiger partial charge in [-0.05, 0) is 54.8 Å². The summed E-state index contributed by atoms with van der Waals surface area (Å²) in [5.41, 5.74) is 18.2. The Morgan fingerprint density at radius 1 is 0.673 bits per heavy atom. The predicted octanol–water partition coefficient (Wildman–Crippen LogP) is 8.52. The molecule has 3 heterocycles. The molecule has 2 atom stereocenters. The lowest BCUT2D eigenvalue weighted by atomic mass is 9.93. The van der Waals surface area contributed by atoms with Gasteiger partial charge in [0.25, 0.3) is 0 Å². The molecule has 10 heteroatoms. The van der Waals surface area contributed by atoms with E-state index in [2.05, 4.69) is 25.3 Å². The lowest BCUT2D eigenvalue weighted by Gasteiger charge is -2.21. The number of fused-ring (bicyclic) bond motifs is 2. The molecule has 4 aromatic carbocycles. The fourth-order valence-corrected chi connectivity index (χ4v) is 5.84. The average molecular weight is 651 g/mol. The number of pyridine rings is 2. The Morgan fingerprint density at radius 2 is 1.18 bits per heavy atom. The van der Waals surface area contributed by atoms with Crippen LogP contribution in [-0.4, -0.2) is 19.9 Å². The first-order chi connectivity index (χ1) is 23.8. The highest BCUT2D eigenvalue weighted by molar-refractivity contribution is 5.97. The van der Waals surface area contributed by atoms with Crippen molar-refractivity contribution in [1.82, 2.24) is 19.9 Å². The Hall–Kier alpha value is -6.31. The molecule has 242 valence electrons. The van der Waals surface area contributed by atoms with Crippen molar-refractivity contribution in [2.45, 2.75) is 25.9 Å². The van der Waals surface area contributed by atoms with Crippen LogP contribution in [0.2, 0.25) is 0 Å². The Bertz CT molecular complexity index is 2310. The van der Waals surface area contributed by atoms with Gasteiger partial charge < -0.3 is 16.8 Å². The summed E-state index contributed by atoms with van der Waals surface area (Å²) in [6.45, 7) is 3.78. The topological polar surface area (TPSA) is 139 Å². The number of anilines is 2. The number of nitrogen functional groups attached to an aromatic ring is 1. The summed E-state index contributed by atoms with van der Waals surface area (Å²) < 4.78 is 29.1. The maximum atomic E-state index is 14.8. The van der Waals surface area contributed by atoms with Gasteiger partial charge in [0.05, 0.1) is 17.1 Å². The second-order valence-corrected chi connectivity index (χ2v) is 11.4. The van der Waals surface area contributed by atoms with Gasteiger partial charge in [0.15, 0.2) is 0 Å². The Morgan fingerprint density at radius 3 is 1.69 bits per heavy atom. The number of aromatic nitrogens is 4. The van der Waals surface area contributed by atoms with Crippen molar-refractivity contribution in [3.63, 3.8) is 0 Å². The molecule has 0 aliphatic heterocycles. The minimum absolute atomic E-state index is 0.100. The zero-order chi connectivity index (χ0) is 34.5. The summed E-state index contributed by atoms with van der Waals surface area (Å²) in [6, 6.07) is 30.6. The molecule has 0 aliphatic carbocycles. The van der Waals surface area contributed by atoms with Crippen LogP contribution >= 0.6 is 0 Å². The Labute approximate surface area is 282 Å². The number of rotatable bonds is 6. The Kier molecular flexibility index (Phi) is 9.46. The Balaban J connectivity index is 0.000000182. The van der Waals surface area contributed by atoms with Crippen LogP contribution in [0.3, 0.4) is 0 Å². The third kappa shape index (κ3) is 6.61. The summed E-state index contributed by atoms with van der Waals surface area (Å²) in [5.74, 6) is -0.188. The van der Waals surface area contributed by atoms with Gasteiger partial charge in [0.2, 0.25) is 0 Å². The van der Waals surface area contributed by atoms with Crippen molar-refractivity contribution in [3.8, 4) is 28.3 Å². The minimum Gasteiger partial charge on any atom is -0.382 e. The smallest absolute Gasteiger partial charge is 0.150 e. The third-order valence-corrected chi connectivity index (χ3v) is 8.17. The number of nitrogens with two attached hydrogens (primary N) is 2. The normalized spacial score (nSPS) is 12.1. The highest BCUT2D eigenvalue weighted by Crippen LogP contribution is 2.37. The van der Waals surface area contributed by atoms with E-state index in [0.29, 0.717) is 27.6 Å². The van der Waals surface area contributed by atoms with Gasteiger partial charge in [0, 0.05) is 45.9 Å². The minimum atomic E-state index is -0.341. The first-order valence-corrected chi connectivity index (χ1v) is 15.6. The number of nitrogens with one attached hydrogen (secondary N) is 1. The van der Waals surface area contributed by atoms with Crippen molar-refractivity contribution in [2.24, 2.45) is 5.73 Å². The zero-order valence-electron chi connectivity index (χ0n) is 26.8. The summed E-state index contributed by atoms with van der Waals surface area (Å²) in [4.78, 5) is 16.8. The van der Waals surface area contributed by atoms with Gasteiger partial charge in [-0.25, -0.2) is 18.7 Å². The fourth-order valence-electron chi connectivity index (χ4n) is 5.84. The molecule has 8 nitrogen and oxygen atoms in total. The molecule has 0 radical (unpaired) electrons. The summed E-state index contributed by atoms with van der Waals surface area (Å²) >= 11 is 0. The third-order valence-electron chi connectivity index (χ3n) is 8.17. The highest BCUT2D eigenvalue weighted by Gasteiger charge is 2.21. The van der Waals surface area contributed by atoms with E-state index in [-0.39, 0.29) is 35.1 Å². The molecule has 3 aromatic heterocycles. The van der Waals surface area contributed by atoms with Crippen LogP contribution in [-0.2, 0) is 0 Å². The second-order valence-electron chi connectivity index (χ2n) is 11.4. The van der Waals surface area contributed by atoms with Gasteiger partial charge >= 0.3 is 0 Å². The summed E-state index contributed by atoms with van der Waals surface area (Å²) in [6.07, 6.45) is 4.76. The van der Waals surface area contributed by atoms with E-state index in [9.17, 15) is 14.0 Å². The van der Waals surface area contributed by atoms with Gasteiger partial charge in [-0.3, -0.25) is 9.97 Å². The van der Waals surface area contributed by atoms with Crippen LogP contribution in [0.5, 0.6) is 0 Å². The molecule has 7 rings (SSSR count). The first kappa shape index (κ1) is 32.6. The number of hydrogen-bond acceptors (Lipinski definition) is 8. The monoisotopic (exact) mass is 650 g/mol. The number of hydrogen-bond donors (Lipinski definition) is 3. The van der Waals surface area contributed by atoms with Gasteiger partial charge in [-0.15, -0.1) is 0 Å². The molecule has 0 aliphatic rings. The van der Waals surface area contributed by atoms with E-state index in [4.69, 9.17) is 11.5 Å². The van der Waals surface area contributed by atoms with Crippen LogP contribution in [0.1, 0.15) is 42.6 Å². The molecule has 0 saturated heterocycles. The average Bonchev–Trinajstić information content (AvgIpc) is 3.12. The number of halogens is 2. The molecule has 5 N–H and O–H groups in total. The number of benzene rings is 4. The van der Waals surface area contributed by atoms with E-state index >= 15 is 0 Å². The van der Waals surface area contributed by atoms with Crippen LogP contribution in [0.25, 0.3) is 44.1 Å². The summed E-state index contributed by atoms with van der Waals surface area (Å²) in [7, 11) is 0. The molecule has 0 spiro atoms. The highest BCUT2D eigenvalue weighted by atomic mass is 19.1. The SMILES string of the molecule is CC(N)c1cnc2cccc(F)c2c1-c1ccccc1.CC(Nc1ncnc(N)c1C#N)c1cnc2cccc(F)c2c1-c1ccccc1. The van der Waals surface area contributed by atoms with Gasteiger partial charge in [0.1, 0.15) is 41.2 Å². The van der Waals surface area contributed by atoms with Crippen LogP contribution < -0.4 is 16.8 Å². The van der Waals surface area contributed by atoms with Gasteiger partial charge in [-0.1, -0.05) is 72.8 Å². The van der Waals surface area contributed by atoms with Crippen LogP contribution in [0.15, 0.2) is 116 Å². The first-order valence-electron chi connectivity index (χ1n) is 15.6. The molecular formula is C39H32F2N8.